The summed E-state index contributed by atoms with van der Waals surface area (Å²) in [5.74, 6) is 0.981. The minimum absolute atomic E-state index is 0.0940. The van der Waals surface area contributed by atoms with Gasteiger partial charge < -0.3 is 23.5 Å². The Kier molecular flexibility index (Phi) is 5.72. The summed E-state index contributed by atoms with van der Waals surface area (Å²) < 4.78 is 37.4. The quantitative estimate of drug-likeness (QED) is 0.677. The van der Waals surface area contributed by atoms with Crippen LogP contribution in [-0.2, 0) is 9.47 Å². The van der Waals surface area contributed by atoms with Crippen LogP contribution in [0.25, 0.3) is 0 Å². The molecule has 4 aliphatic rings. The van der Waals surface area contributed by atoms with Gasteiger partial charge in [-0.2, -0.15) is 0 Å². The van der Waals surface area contributed by atoms with Crippen LogP contribution in [0, 0.1) is 5.82 Å². The molecule has 33 heavy (non-hydrogen) atoms. The van der Waals surface area contributed by atoms with Crippen LogP contribution in [-0.4, -0.2) is 78.8 Å². The summed E-state index contributed by atoms with van der Waals surface area (Å²) in [5, 5.41) is 7.75. The van der Waals surface area contributed by atoms with Crippen LogP contribution in [0.1, 0.15) is 43.6 Å². The van der Waals surface area contributed by atoms with Crippen molar-refractivity contribution in [3.63, 3.8) is 0 Å². The first-order valence-electron chi connectivity index (χ1n) is 12.1. The molecule has 0 saturated carbocycles. The number of piperidine rings is 1. The van der Waals surface area contributed by atoms with E-state index in [1.54, 1.807) is 6.07 Å². The van der Waals surface area contributed by atoms with E-state index in [9.17, 15) is 4.39 Å². The number of halogens is 1. The number of ether oxygens (including phenoxy) is 3. The number of anilines is 1. The van der Waals surface area contributed by atoms with Crippen molar-refractivity contribution in [2.24, 2.45) is 0 Å². The van der Waals surface area contributed by atoms with E-state index in [1.807, 2.05) is 6.07 Å². The molecule has 0 bridgehead atoms. The lowest BCUT2D eigenvalue weighted by Crippen LogP contribution is -2.62. The maximum Gasteiger partial charge on any atom is 0.318 e. The lowest BCUT2D eigenvalue weighted by atomic mass is 9.86. The van der Waals surface area contributed by atoms with Crippen LogP contribution >= 0.6 is 0 Å². The molecule has 178 valence electrons. The Morgan fingerprint density at radius 2 is 1.91 bits per heavy atom. The van der Waals surface area contributed by atoms with Crippen molar-refractivity contribution in [1.82, 2.24) is 15.1 Å². The zero-order valence-corrected chi connectivity index (χ0v) is 18.8. The Bertz CT molecular complexity index is 938. The zero-order chi connectivity index (χ0) is 22.3. The van der Waals surface area contributed by atoms with Crippen LogP contribution in [0.4, 0.5) is 10.4 Å². The summed E-state index contributed by atoms with van der Waals surface area (Å²) >= 11 is 0. The van der Waals surface area contributed by atoms with Gasteiger partial charge in [0.2, 0.25) is 6.39 Å². The van der Waals surface area contributed by atoms with Gasteiger partial charge in [-0.1, -0.05) is 5.10 Å². The molecule has 1 aromatic carbocycles. The van der Waals surface area contributed by atoms with Crippen molar-refractivity contribution in [2.45, 2.75) is 55.8 Å². The molecule has 6 rings (SSSR count). The zero-order valence-electron chi connectivity index (χ0n) is 18.8. The lowest BCUT2D eigenvalue weighted by Gasteiger charge is -2.46. The summed E-state index contributed by atoms with van der Waals surface area (Å²) in [4.78, 5) is 4.63. The van der Waals surface area contributed by atoms with Crippen molar-refractivity contribution in [1.29, 1.82) is 0 Å². The highest BCUT2D eigenvalue weighted by molar-refractivity contribution is 5.38. The molecular weight excluding hydrogens is 427 g/mol. The van der Waals surface area contributed by atoms with Gasteiger partial charge in [0, 0.05) is 24.4 Å². The summed E-state index contributed by atoms with van der Waals surface area (Å²) in [6, 6.07) is 6.01. The SMILES string of the molecule is Fc1ccc(OC2CCOCC2)c(C2CCN([C@H]3COC4(C3)CN(c3nnco3)C4)CC2)c1. The van der Waals surface area contributed by atoms with Crippen molar-refractivity contribution >= 4 is 6.01 Å². The van der Waals surface area contributed by atoms with Gasteiger partial charge in [0.05, 0.1) is 32.9 Å². The van der Waals surface area contributed by atoms with Gasteiger partial charge >= 0.3 is 6.01 Å². The van der Waals surface area contributed by atoms with Gasteiger partial charge in [0.25, 0.3) is 0 Å². The maximum atomic E-state index is 14.1. The van der Waals surface area contributed by atoms with Crippen LogP contribution in [0.3, 0.4) is 0 Å². The second-order valence-electron chi connectivity index (χ2n) is 9.85. The molecule has 8 nitrogen and oxygen atoms in total. The highest BCUT2D eigenvalue weighted by Crippen LogP contribution is 2.41. The van der Waals surface area contributed by atoms with Crippen molar-refractivity contribution < 1.29 is 23.0 Å². The molecule has 4 saturated heterocycles. The predicted octanol–water partition coefficient (Wildman–Crippen LogP) is 2.99. The second kappa shape index (κ2) is 8.85. The van der Waals surface area contributed by atoms with Crippen molar-refractivity contribution in [3.8, 4) is 5.75 Å². The molecule has 4 fully saturated rings. The Labute approximate surface area is 193 Å². The molecule has 0 unspecified atom stereocenters. The third kappa shape index (κ3) is 4.34. The fourth-order valence-electron chi connectivity index (χ4n) is 5.86. The van der Waals surface area contributed by atoms with Gasteiger partial charge in [-0.15, -0.1) is 5.10 Å². The largest absolute Gasteiger partial charge is 0.490 e. The van der Waals surface area contributed by atoms with E-state index in [0.29, 0.717) is 18.0 Å². The Morgan fingerprint density at radius 1 is 1.09 bits per heavy atom. The van der Waals surface area contributed by atoms with Crippen LogP contribution in [0.15, 0.2) is 29.0 Å². The summed E-state index contributed by atoms with van der Waals surface area (Å²) in [5.41, 5.74) is 0.929. The van der Waals surface area contributed by atoms with Gasteiger partial charge in [-0.05, 0) is 56.5 Å². The highest BCUT2D eigenvalue weighted by atomic mass is 19.1. The average Bonchev–Trinajstić information content (AvgIpc) is 3.51. The lowest BCUT2D eigenvalue weighted by molar-refractivity contribution is -0.0216. The number of benzene rings is 1. The Hall–Kier alpha value is -2.23. The number of likely N-dealkylation sites (tertiary alicyclic amines) is 1. The fourth-order valence-corrected chi connectivity index (χ4v) is 5.86. The average molecular weight is 459 g/mol. The Balaban J connectivity index is 1.05. The van der Waals surface area contributed by atoms with E-state index in [2.05, 4.69) is 20.0 Å². The first kappa shape index (κ1) is 21.3. The van der Waals surface area contributed by atoms with E-state index < -0.39 is 0 Å². The number of hydrogen-bond donors (Lipinski definition) is 0. The Morgan fingerprint density at radius 3 is 2.67 bits per heavy atom. The molecule has 1 aromatic heterocycles. The molecular formula is C24H31FN4O4. The third-order valence-corrected chi connectivity index (χ3v) is 7.69. The smallest absolute Gasteiger partial charge is 0.318 e. The molecule has 0 amide bonds. The van der Waals surface area contributed by atoms with Crippen LogP contribution in [0.5, 0.6) is 5.75 Å². The number of hydrogen-bond acceptors (Lipinski definition) is 8. The molecule has 0 radical (unpaired) electrons. The summed E-state index contributed by atoms with van der Waals surface area (Å²) in [7, 11) is 0. The molecule has 1 spiro atoms. The van der Waals surface area contributed by atoms with Crippen LogP contribution < -0.4 is 9.64 Å². The molecule has 2 aromatic rings. The van der Waals surface area contributed by atoms with Crippen molar-refractivity contribution in [3.05, 3.63) is 36.0 Å². The molecule has 0 aliphatic carbocycles. The second-order valence-corrected chi connectivity index (χ2v) is 9.85. The number of rotatable bonds is 5. The predicted molar refractivity (Wildman–Crippen MR) is 118 cm³/mol. The molecule has 5 heterocycles. The maximum absolute atomic E-state index is 14.1. The standard InChI is InChI=1S/C24H31FN4O4/c25-18-1-2-22(33-20-5-9-30-10-6-20)21(11-18)17-3-7-28(8-4-17)19-12-24(32-13-19)14-29(15-24)23-27-26-16-31-23/h1-2,11,16-17,19-20H,3-10,12-15H2/t19-/m1/s1. The normalized spacial score (nSPS) is 26.6. The highest BCUT2D eigenvalue weighted by Gasteiger charge is 2.52. The fraction of sp³-hybridized carbons (Fsp3) is 0.667. The molecule has 0 N–H and O–H groups in total. The topological polar surface area (TPSA) is 73.1 Å². The molecule has 1 atom stereocenters. The van der Waals surface area contributed by atoms with E-state index >= 15 is 0 Å². The van der Waals surface area contributed by atoms with E-state index in [-0.39, 0.29) is 17.5 Å². The minimum atomic E-state index is -0.186. The van der Waals surface area contributed by atoms with Crippen molar-refractivity contribution in [2.75, 3.05) is 50.9 Å². The monoisotopic (exact) mass is 458 g/mol. The first-order valence-corrected chi connectivity index (χ1v) is 12.1. The van der Waals surface area contributed by atoms with E-state index in [4.69, 9.17) is 18.6 Å². The van der Waals surface area contributed by atoms with E-state index in [1.165, 1.54) is 12.5 Å². The molecule has 4 aliphatic heterocycles. The van der Waals surface area contributed by atoms with Gasteiger partial charge in [0.1, 0.15) is 23.3 Å². The number of nitrogens with zero attached hydrogens (tertiary/aromatic N) is 4. The summed E-state index contributed by atoms with van der Waals surface area (Å²) in [6.07, 6.45) is 6.34. The number of aromatic nitrogens is 2. The van der Waals surface area contributed by atoms with Crippen LogP contribution in [0.2, 0.25) is 0 Å². The van der Waals surface area contributed by atoms with E-state index in [0.717, 1.165) is 89.4 Å². The first-order chi connectivity index (χ1) is 16.2. The molecule has 9 heteroatoms. The minimum Gasteiger partial charge on any atom is -0.490 e. The summed E-state index contributed by atoms with van der Waals surface area (Å²) in [6.45, 7) is 5.83. The van der Waals surface area contributed by atoms with Gasteiger partial charge in [-0.3, -0.25) is 4.90 Å². The van der Waals surface area contributed by atoms with Gasteiger partial charge in [-0.25, -0.2) is 4.39 Å². The third-order valence-electron chi connectivity index (χ3n) is 7.69. The van der Waals surface area contributed by atoms with Gasteiger partial charge in [0.15, 0.2) is 0 Å².